The molecule has 10 aliphatic rings. The molecular formula is C86H88N16O21. The molecule has 8 amide bonds. The van der Waals surface area contributed by atoms with Crippen LogP contribution in [0.25, 0.3) is 44.6 Å². The number of para-hydroxylation sites is 2. The molecule has 123 heavy (non-hydrogen) atoms. The highest BCUT2D eigenvalue weighted by Gasteiger charge is 2.61. The summed E-state index contributed by atoms with van der Waals surface area (Å²) in [5.74, 6) is -7.81. The minimum Gasteiger partial charge on any atom is -0.457 e. The Kier molecular flexibility index (Phi) is 22.5. The average molecular weight is 1680 g/mol. The lowest BCUT2D eigenvalue weighted by atomic mass is 9.85. The summed E-state index contributed by atoms with van der Waals surface area (Å²) in [6.45, 7) is 3.01. The molecule has 4 aliphatic carbocycles. The molecule has 8 unspecified atom stereocenters. The lowest BCUT2D eigenvalue weighted by Crippen LogP contribution is -2.48. The maximum atomic E-state index is 13.9. The molecule has 18 rings (SSSR count). The predicted molar refractivity (Wildman–Crippen MR) is 426 cm³/mol. The van der Waals surface area contributed by atoms with Crippen molar-refractivity contribution in [3.05, 3.63) is 175 Å². The number of nitrogens with one attached hydrogen (secondary N) is 2. The first-order valence-corrected chi connectivity index (χ1v) is 41.1. The van der Waals surface area contributed by atoms with Crippen LogP contribution >= 0.6 is 0 Å². The molecule has 6 aliphatic heterocycles. The van der Waals surface area contributed by atoms with Crippen LogP contribution in [0, 0.1) is 47.3 Å². The van der Waals surface area contributed by atoms with Crippen LogP contribution in [0.1, 0.15) is 97.1 Å². The summed E-state index contributed by atoms with van der Waals surface area (Å²) in [7, 11) is 2.98. The fourth-order valence-electron chi connectivity index (χ4n) is 19.1. The smallest absolute Gasteiger partial charge is 0.355 e. The lowest BCUT2D eigenvalue weighted by Gasteiger charge is -2.35. The van der Waals surface area contributed by atoms with E-state index >= 15 is 0 Å². The van der Waals surface area contributed by atoms with Gasteiger partial charge in [-0.2, -0.15) is 0 Å². The molecule has 0 radical (unpaired) electrons. The van der Waals surface area contributed by atoms with E-state index in [9.17, 15) is 67.1 Å². The number of likely N-dealkylation sites (tertiary alicyclic amines) is 2. The third kappa shape index (κ3) is 15.2. The van der Waals surface area contributed by atoms with E-state index < -0.39 is 96.5 Å². The van der Waals surface area contributed by atoms with Crippen LogP contribution in [-0.4, -0.2) is 220 Å². The summed E-state index contributed by atoms with van der Waals surface area (Å²) in [6.07, 6.45) is 11.6. The Hall–Kier alpha value is -13.2. The number of cyclic esters (lactones) is 2. The fraction of sp³-hybridized carbons (Fsp3) is 0.442. The average Bonchev–Trinajstić information content (AvgIpc) is 1.64. The van der Waals surface area contributed by atoms with E-state index in [1.165, 1.54) is 49.4 Å². The van der Waals surface area contributed by atoms with Gasteiger partial charge in [0, 0.05) is 86.5 Å². The van der Waals surface area contributed by atoms with Crippen molar-refractivity contribution in [2.45, 2.75) is 116 Å². The number of pyridine rings is 4. The minimum absolute atomic E-state index is 0.00465. The van der Waals surface area contributed by atoms with Gasteiger partial charge in [0.15, 0.2) is 0 Å². The number of esters is 4. The van der Waals surface area contributed by atoms with Gasteiger partial charge in [0.05, 0.1) is 134 Å². The van der Waals surface area contributed by atoms with Crippen LogP contribution in [0.4, 0.5) is 0 Å². The molecule has 2 aromatic carbocycles. The number of amides is 8. The number of hydrogen-bond acceptors (Lipinski definition) is 27. The molecule has 37 nitrogen and oxygen atoms in total. The first-order chi connectivity index (χ1) is 59.5. The van der Waals surface area contributed by atoms with Crippen molar-refractivity contribution >= 4 is 92.9 Å². The van der Waals surface area contributed by atoms with Gasteiger partial charge in [-0.3, -0.25) is 57.7 Å². The first-order valence-electron chi connectivity index (χ1n) is 41.1. The Labute approximate surface area is 700 Å². The van der Waals surface area contributed by atoms with Gasteiger partial charge in [-0.15, -0.1) is 10.2 Å². The zero-order chi connectivity index (χ0) is 85.9. The number of nitrogens with zero attached hydrogens (tertiary/aromatic N) is 14. The molecule has 12 heterocycles. The number of hydrogen-bond donors (Lipinski definition) is 2. The van der Waals surface area contributed by atoms with Crippen molar-refractivity contribution in [2.24, 2.45) is 47.3 Å². The van der Waals surface area contributed by atoms with E-state index in [1.807, 2.05) is 85.0 Å². The molecule has 2 N–H and O–H groups in total. The summed E-state index contributed by atoms with van der Waals surface area (Å²) in [5.41, 5.74) is 2.42. The van der Waals surface area contributed by atoms with Crippen LogP contribution in [0.15, 0.2) is 119 Å². The second kappa shape index (κ2) is 33.7. The summed E-state index contributed by atoms with van der Waals surface area (Å²) in [6, 6.07) is 22.6. The second-order valence-electron chi connectivity index (χ2n) is 32.2. The Morgan fingerprint density at radius 1 is 0.528 bits per heavy atom. The van der Waals surface area contributed by atoms with E-state index in [4.69, 9.17) is 43.1 Å². The van der Waals surface area contributed by atoms with Gasteiger partial charge < -0.3 is 62.7 Å². The summed E-state index contributed by atoms with van der Waals surface area (Å²) in [5, 5.41) is 23.6. The Morgan fingerprint density at radius 2 is 0.951 bits per heavy atom. The molecule has 4 fully saturated rings. The molecule has 2 saturated carbocycles. The van der Waals surface area contributed by atoms with Crippen molar-refractivity contribution in [1.82, 2.24) is 79.3 Å². The molecule has 638 valence electrons. The topological polar surface area (TPSA) is 438 Å². The van der Waals surface area contributed by atoms with Gasteiger partial charge >= 0.3 is 23.9 Å². The summed E-state index contributed by atoms with van der Waals surface area (Å²) >= 11 is 0. The van der Waals surface area contributed by atoms with Crippen molar-refractivity contribution in [3.63, 3.8) is 0 Å². The monoisotopic (exact) mass is 1680 g/mol. The van der Waals surface area contributed by atoms with E-state index in [2.05, 4.69) is 31.3 Å². The number of fused-ring (bicyclic) bond motifs is 20. The van der Waals surface area contributed by atoms with Crippen molar-refractivity contribution < 1.29 is 90.7 Å². The van der Waals surface area contributed by atoms with Crippen molar-refractivity contribution in [2.75, 3.05) is 79.9 Å². The molecule has 4 bridgehead atoms. The highest BCUT2D eigenvalue weighted by atomic mass is 16.6. The van der Waals surface area contributed by atoms with Crippen LogP contribution < -0.4 is 21.8 Å². The maximum absolute atomic E-state index is 13.9. The van der Waals surface area contributed by atoms with Gasteiger partial charge in [-0.25, -0.2) is 38.5 Å². The first kappa shape index (κ1) is 82.2. The minimum atomic E-state index is -1.94. The Morgan fingerprint density at radius 3 is 1.39 bits per heavy atom. The fourth-order valence-corrected chi connectivity index (χ4v) is 19.1. The van der Waals surface area contributed by atoms with Crippen molar-refractivity contribution in [1.29, 1.82) is 0 Å². The van der Waals surface area contributed by atoms with Gasteiger partial charge in [0.1, 0.15) is 50.6 Å². The Bertz CT molecular complexity index is 5870. The van der Waals surface area contributed by atoms with Gasteiger partial charge in [0.25, 0.3) is 11.1 Å². The maximum Gasteiger partial charge on any atom is 0.355 e. The third-order valence-electron chi connectivity index (χ3n) is 25.1. The molecule has 37 heteroatoms. The van der Waals surface area contributed by atoms with Crippen LogP contribution in [0.3, 0.4) is 0 Å². The standard InChI is InChI=1S/C44H46N8O11.C42H42N8O10/c1-3-44(31-18-33-39-28(16-25-6-4-5-7-32(25)46-39)20-52(33)40(56)30(31)23-62-43(44)59)63-36(55)24-61-15-13-50-22-29(47-48-50)21-49(35(54)19-34(53)45-10-14-60-2)11-12-51-41(57)37-26-8-9-27(17-26)38(37)42(51)58;1-3-42(29-16-31-37-26(14-23-6-4-5-7-30(23)44-37)18-50(31)38(54)28(29)22-59-41(42)57)60-34(53)21-48-20-27(45-46-48)19-47(33(52)17-32(51)43-10-13-58-2)11-12-49-39(55)35-24-8-9-25(15-24)36(35)40(49)56/h4-9,16,18,22,26-27,37-38H,3,10-15,17,19-21,23-24H2,1-2H3,(H,45,53);4-9,14,16,20,24-25,35-36H,3,10-13,15,17-19,21-22H2,1-2H3,(H,43,51)/t26?,27?,37?,38?,44-;24?,25?,35?,36?,42-/m00/s1. The van der Waals surface area contributed by atoms with Crippen molar-refractivity contribution in [3.8, 4) is 22.8 Å². The van der Waals surface area contributed by atoms with E-state index in [0.717, 1.165) is 45.8 Å². The van der Waals surface area contributed by atoms with Gasteiger partial charge in [-0.05, 0) is 85.8 Å². The third-order valence-corrected chi connectivity index (χ3v) is 25.1. The zero-order valence-electron chi connectivity index (χ0n) is 67.8. The van der Waals surface area contributed by atoms with Crippen LogP contribution in [-0.2, 0) is 154 Å². The van der Waals surface area contributed by atoms with Crippen LogP contribution in [0.2, 0.25) is 0 Å². The number of carbonyl (C=O) groups excluding carboxylic acids is 12. The number of allylic oxidation sites excluding steroid dienone is 4. The predicted octanol–water partition coefficient (Wildman–Crippen LogP) is 2.44. The second-order valence-corrected chi connectivity index (χ2v) is 32.2. The van der Waals surface area contributed by atoms with Crippen LogP contribution in [0.5, 0.6) is 0 Å². The summed E-state index contributed by atoms with van der Waals surface area (Å²) in [4.78, 5) is 202. The van der Waals surface area contributed by atoms with E-state index in [-0.39, 0.29) is 210 Å². The highest BCUT2D eigenvalue weighted by Crippen LogP contribution is 2.54. The van der Waals surface area contributed by atoms with Gasteiger partial charge in [-0.1, -0.05) is 85.0 Å². The molecule has 0 spiro atoms. The highest BCUT2D eigenvalue weighted by molar-refractivity contribution is 6.08. The Balaban J connectivity index is 0.000000175. The largest absolute Gasteiger partial charge is 0.457 e. The number of aromatic nitrogens is 10. The zero-order valence-corrected chi connectivity index (χ0v) is 67.8. The normalized spacial score (nSPS) is 22.8. The van der Waals surface area contributed by atoms with Gasteiger partial charge in [0.2, 0.25) is 58.5 Å². The number of imide groups is 2. The summed E-state index contributed by atoms with van der Waals surface area (Å²) < 4.78 is 44.1. The number of methoxy groups -OCH3 is 2. The molecule has 6 aromatic heterocycles. The number of carbonyl (C=O) groups is 12. The number of rotatable bonds is 31. The van der Waals surface area contributed by atoms with E-state index in [1.54, 1.807) is 41.3 Å². The number of benzene rings is 2. The molecular weight excluding hydrogens is 1590 g/mol. The quantitative estimate of drug-likeness (QED) is 0.0157. The SMILES string of the molecule is CC[C@@]1(OC(=O)COCCn2cc(CN(CCN3C(=O)C4C5C=CC(C5)C4C3=O)C(=O)CC(=O)NCCOC)nn2)C(=O)OCc2c1cc1n(c2=O)Cc2cc3ccccc3nc2-1.CC[C@@]1(OC(=O)Cn2cc(CN(CCN3C(=O)C4C5C=CC(C5)C4C3=O)C(=O)CC(=O)NCCOC)nn2)C(=O)OCc2c1cc1n(c2=O)Cc2cc3ccccc3nc2-1. The molecule has 2 saturated heterocycles. The lowest BCUT2D eigenvalue weighted by molar-refractivity contribution is -0.191. The van der Waals surface area contributed by atoms with E-state index in [0.29, 0.717) is 35.0 Å². The molecule has 10 atom stereocenters. The molecule has 8 aromatic rings. The number of ether oxygens (including phenoxy) is 7.